The predicted octanol–water partition coefficient (Wildman–Crippen LogP) is 3.86. The lowest BCUT2D eigenvalue weighted by Crippen LogP contribution is -2.33. The summed E-state index contributed by atoms with van der Waals surface area (Å²) in [5, 5.41) is 0.869. The zero-order chi connectivity index (χ0) is 13.8. The van der Waals surface area contributed by atoms with Crippen LogP contribution in [-0.4, -0.2) is 19.1 Å². The number of halogens is 1. The van der Waals surface area contributed by atoms with Gasteiger partial charge >= 0.3 is 0 Å². The molecule has 2 rings (SSSR count). The van der Waals surface area contributed by atoms with Crippen LogP contribution < -0.4 is 10.6 Å². The largest absolute Gasteiger partial charge is 0.370 e. The average molecular weight is 281 g/mol. The highest BCUT2D eigenvalue weighted by Gasteiger charge is 2.19. The highest BCUT2D eigenvalue weighted by Crippen LogP contribution is 2.31. The van der Waals surface area contributed by atoms with Gasteiger partial charge < -0.3 is 10.6 Å². The van der Waals surface area contributed by atoms with Crippen LogP contribution in [0.1, 0.15) is 38.7 Å². The number of anilines is 1. The van der Waals surface area contributed by atoms with Gasteiger partial charge in [-0.15, -0.1) is 0 Å². The van der Waals surface area contributed by atoms with Crippen LogP contribution in [0.4, 0.5) is 5.69 Å². The minimum Gasteiger partial charge on any atom is -0.370 e. The van der Waals surface area contributed by atoms with Crippen LogP contribution in [0.25, 0.3) is 0 Å². The van der Waals surface area contributed by atoms with Crippen molar-refractivity contribution in [3.63, 3.8) is 0 Å². The lowest BCUT2D eigenvalue weighted by molar-refractivity contribution is 0.395. The molecule has 0 saturated carbocycles. The predicted molar refractivity (Wildman–Crippen MR) is 84.0 cm³/mol. The molecule has 0 radical (unpaired) electrons. The van der Waals surface area contributed by atoms with Crippen molar-refractivity contribution in [3.05, 3.63) is 28.8 Å². The van der Waals surface area contributed by atoms with Crippen LogP contribution in [0.5, 0.6) is 0 Å². The summed E-state index contributed by atoms with van der Waals surface area (Å²) in [6.07, 6.45) is 4.76. The number of benzene rings is 1. The normalized spacial score (nSPS) is 18.6. The molecule has 1 aliphatic heterocycles. The fourth-order valence-corrected chi connectivity index (χ4v) is 3.21. The molecule has 0 bridgehead atoms. The van der Waals surface area contributed by atoms with Gasteiger partial charge in [0.1, 0.15) is 0 Å². The lowest BCUT2D eigenvalue weighted by Gasteiger charge is -2.33. The van der Waals surface area contributed by atoms with E-state index in [0.29, 0.717) is 0 Å². The van der Waals surface area contributed by atoms with E-state index in [1.165, 1.54) is 30.5 Å². The number of hydrogen-bond donors (Lipinski definition) is 1. The lowest BCUT2D eigenvalue weighted by atomic mass is 9.94. The van der Waals surface area contributed by atoms with E-state index in [1.54, 1.807) is 0 Å². The summed E-state index contributed by atoms with van der Waals surface area (Å²) in [6.45, 7) is 6.57. The summed E-state index contributed by atoms with van der Waals surface area (Å²) < 4.78 is 0. The summed E-state index contributed by atoms with van der Waals surface area (Å²) in [5.41, 5.74) is 8.25. The maximum atomic E-state index is 6.43. The molecule has 106 valence electrons. The first-order chi connectivity index (χ1) is 9.10. The Hall–Kier alpha value is -0.730. The molecule has 0 spiro atoms. The van der Waals surface area contributed by atoms with Gasteiger partial charge in [0.05, 0.1) is 10.7 Å². The SMILES string of the molecule is CCC1CCN(c2ccc(CC(C)N)cc2Cl)CC1. The topological polar surface area (TPSA) is 29.3 Å². The van der Waals surface area contributed by atoms with Crippen molar-refractivity contribution in [2.24, 2.45) is 11.7 Å². The van der Waals surface area contributed by atoms with E-state index in [9.17, 15) is 0 Å². The Morgan fingerprint density at radius 2 is 2.05 bits per heavy atom. The second-order valence-corrected chi connectivity index (χ2v) is 6.21. The highest BCUT2D eigenvalue weighted by atomic mass is 35.5. The molecular formula is C16H25ClN2. The zero-order valence-electron chi connectivity index (χ0n) is 12.0. The minimum atomic E-state index is 0.183. The van der Waals surface area contributed by atoms with Crippen LogP contribution in [0.3, 0.4) is 0 Å². The monoisotopic (exact) mass is 280 g/mol. The van der Waals surface area contributed by atoms with E-state index < -0.39 is 0 Å². The summed E-state index contributed by atoms with van der Waals surface area (Å²) in [4.78, 5) is 2.42. The average Bonchev–Trinajstić information content (AvgIpc) is 2.38. The van der Waals surface area contributed by atoms with Crippen molar-refractivity contribution in [2.45, 2.75) is 45.6 Å². The Morgan fingerprint density at radius 1 is 1.37 bits per heavy atom. The maximum Gasteiger partial charge on any atom is 0.0642 e. The Kier molecular flexibility index (Phi) is 5.12. The van der Waals surface area contributed by atoms with Gasteiger partial charge in [0.15, 0.2) is 0 Å². The van der Waals surface area contributed by atoms with Gasteiger partial charge in [-0.2, -0.15) is 0 Å². The zero-order valence-corrected chi connectivity index (χ0v) is 12.8. The standard InChI is InChI=1S/C16H25ClN2/c1-3-13-6-8-19(9-7-13)16-5-4-14(10-12(2)18)11-15(16)17/h4-5,11-13H,3,6-10,18H2,1-2H3. The molecule has 1 aromatic carbocycles. The molecule has 1 aromatic rings. The third-order valence-corrected chi connectivity index (χ3v) is 4.41. The highest BCUT2D eigenvalue weighted by molar-refractivity contribution is 6.33. The van der Waals surface area contributed by atoms with Gasteiger partial charge in [-0.25, -0.2) is 0 Å². The van der Waals surface area contributed by atoms with E-state index >= 15 is 0 Å². The van der Waals surface area contributed by atoms with Crippen molar-refractivity contribution >= 4 is 17.3 Å². The molecule has 1 atom stereocenters. The molecule has 19 heavy (non-hydrogen) atoms. The van der Waals surface area contributed by atoms with Crippen molar-refractivity contribution < 1.29 is 0 Å². The molecule has 3 heteroatoms. The fraction of sp³-hybridized carbons (Fsp3) is 0.625. The summed E-state index contributed by atoms with van der Waals surface area (Å²) >= 11 is 6.43. The molecular weight excluding hydrogens is 256 g/mol. The fourth-order valence-electron chi connectivity index (χ4n) is 2.89. The summed E-state index contributed by atoms with van der Waals surface area (Å²) in [6, 6.07) is 6.58. The molecule has 0 aromatic heterocycles. The van der Waals surface area contributed by atoms with Crippen molar-refractivity contribution in [1.29, 1.82) is 0 Å². The van der Waals surface area contributed by atoms with Crippen LogP contribution in [-0.2, 0) is 6.42 Å². The third kappa shape index (κ3) is 3.87. The summed E-state index contributed by atoms with van der Waals surface area (Å²) in [7, 11) is 0. The van der Waals surface area contributed by atoms with E-state index in [1.807, 2.05) is 6.92 Å². The first-order valence-electron chi connectivity index (χ1n) is 7.39. The van der Waals surface area contributed by atoms with Gasteiger partial charge in [-0.1, -0.05) is 31.0 Å². The van der Waals surface area contributed by atoms with Gasteiger partial charge in [0, 0.05) is 19.1 Å². The molecule has 0 amide bonds. The van der Waals surface area contributed by atoms with Crippen molar-refractivity contribution in [1.82, 2.24) is 0 Å². The van der Waals surface area contributed by atoms with E-state index in [4.69, 9.17) is 17.3 Å². The van der Waals surface area contributed by atoms with Gasteiger partial charge in [-0.05, 0) is 49.8 Å². The Balaban J connectivity index is 2.05. The molecule has 2 nitrogen and oxygen atoms in total. The molecule has 1 unspecified atom stereocenters. The third-order valence-electron chi connectivity index (χ3n) is 4.10. The van der Waals surface area contributed by atoms with Crippen LogP contribution in [0.15, 0.2) is 18.2 Å². The maximum absolute atomic E-state index is 6.43. The van der Waals surface area contributed by atoms with Gasteiger partial charge in [-0.3, -0.25) is 0 Å². The molecule has 2 N–H and O–H groups in total. The molecule has 1 fully saturated rings. The number of rotatable bonds is 4. The van der Waals surface area contributed by atoms with Crippen LogP contribution >= 0.6 is 11.6 Å². The van der Waals surface area contributed by atoms with Gasteiger partial charge in [0.2, 0.25) is 0 Å². The second kappa shape index (κ2) is 6.62. The Labute approximate surface area is 121 Å². The van der Waals surface area contributed by atoms with Gasteiger partial charge in [0.25, 0.3) is 0 Å². The van der Waals surface area contributed by atoms with E-state index in [-0.39, 0.29) is 6.04 Å². The number of nitrogens with two attached hydrogens (primary N) is 1. The van der Waals surface area contributed by atoms with Crippen LogP contribution in [0.2, 0.25) is 5.02 Å². The van der Waals surface area contributed by atoms with Crippen LogP contribution in [0, 0.1) is 5.92 Å². The molecule has 1 saturated heterocycles. The molecule has 1 heterocycles. The Bertz CT molecular complexity index is 409. The molecule has 1 aliphatic rings. The number of nitrogens with zero attached hydrogens (tertiary/aromatic N) is 1. The van der Waals surface area contributed by atoms with Crippen molar-refractivity contribution in [2.75, 3.05) is 18.0 Å². The number of hydrogen-bond acceptors (Lipinski definition) is 2. The molecule has 0 aliphatic carbocycles. The van der Waals surface area contributed by atoms with E-state index in [0.717, 1.165) is 30.5 Å². The Morgan fingerprint density at radius 3 is 2.58 bits per heavy atom. The second-order valence-electron chi connectivity index (χ2n) is 5.81. The van der Waals surface area contributed by atoms with Crippen molar-refractivity contribution in [3.8, 4) is 0 Å². The van der Waals surface area contributed by atoms with E-state index in [2.05, 4.69) is 30.0 Å². The first-order valence-corrected chi connectivity index (χ1v) is 7.77. The smallest absolute Gasteiger partial charge is 0.0642 e. The first kappa shape index (κ1) is 14.7. The number of piperidine rings is 1. The minimum absolute atomic E-state index is 0.183. The summed E-state index contributed by atoms with van der Waals surface area (Å²) in [5.74, 6) is 0.896. The quantitative estimate of drug-likeness (QED) is 0.907.